The zero-order chi connectivity index (χ0) is 13.0. The van der Waals surface area contributed by atoms with E-state index in [0.717, 1.165) is 11.1 Å². The van der Waals surface area contributed by atoms with Crippen LogP contribution in [0.15, 0.2) is 47.6 Å². The normalized spacial score (nSPS) is 10.1. The zero-order valence-corrected chi connectivity index (χ0v) is 10.5. The van der Waals surface area contributed by atoms with E-state index in [1.54, 1.807) is 17.8 Å². The lowest BCUT2D eigenvalue weighted by atomic mass is 10.2. The summed E-state index contributed by atoms with van der Waals surface area (Å²) in [6, 6.07) is 8.72. The highest BCUT2D eigenvalue weighted by atomic mass is 32.2. The molecule has 0 aliphatic heterocycles. The number of amides is 1. The van der Waals surface area contributed by atoms with Crippen molar-refractivity contribution in [2.45, 2.75) is 4.90 Å². The molecule has 1 aromatic heterocycles. The van der Waals surface area contributed by atoms with Crippen molar-refractivity contribution >= 4 is 23.4 Å². The number of nitrogens with zero attached hydrogens (tertiary/aromatic N) is 1. The van der Waals surface area contributed by atoms with E-state index in [1.807, 2.05) is 24.5 Å². The Labute approximate surface area is 108 Å². The van der Waals surface area contributed by atoms with Gasteiger partial charge in [0.2, 0.25) is 0 Å². The first-order chi connectivity index (χ1) is 8.70. The van der Waals surface area contributed by atoms with Crippen molar-refractivity contribution < 1.29 is 9.18 Å². The van der Waals surface area contributed by atoms with Crippen LogP contribution >= 0.6 is 11.8 Å². The number of carbonyl (C=O) groups is 1. The van der Waals surface area contributed by atoms with Gasteiger partial charge >= 0.3 is 0 Å². The Morgan fingerprint density at radius 3 is 2.94 bits per heavy atom. The van der Waals surface area contributed by atoms with E-state index in [0.29, 0.717) is 5.69 Å². The third-order valence-electron chi connectivity index (χ3n) is 2.34. The van der Waals surface area contributed by atoms with Crippen molar-refractivity contribution in [3.8, 4) is 0 Å². The minimum Gasteiger partial charge on any atom is -0.322 e. The van der Waals surface area contributed by atoms with Gasteiger partial charge in [-0.1, -0.05) is 6.07 Å². The Morgan fingerprint density at radius 2 is 2.22 bits per heavy atom. The van der Waals surface area contributed by atoms with Crippen LogP contribution in [0, 0.1) is 5.82 Å². The number of anilines is 1. The molecule has 0 unspecified atom stereocenters. The lowest BCUT2D eigenvalue weighted by Crippen LogP contribution is -2.13. The smallest absolute Gasteiger partial charge is 0.258 e. The largest absolute Gasteiger partial charge is 0.322 e. The molecule has 1 aromatic carbocycles. The van der Waals surface area contributed by atoms with Gasteiger partial charge in [-0.3, -0.25) is 9.78 Å². The number of rotatable bonds is 3. The molecule has 0 radical (unpaired) electrons. The number of halogens is 1. The summed E-state index contributed by atoms with van der Waals surface area (Å²) in [5.74, 6) is -1.11. The molecule has 0 atom stereocenters. The molecule has 1 heterocycles. The number of nitrogens with one attached hydrogen (secondary N) is 1. The standard InChI is InChI=1S/C13H11FN2OS/c1-18-10-4-2-3-9(7-10)16-13(17)11-5-6-15-8-12(11)14/h2-8H,1H3,(H,16,17). The first kappa shape index (κ1) is 12.6. The van der Waals surface area contributed by atoms with Gasteiger partial charge < -0.3 is 5.32 Å². The molecule has 2 aromatic rings. The minimum absolute atomic E-state index is 0.0143. The molecule has 0 spiro atoms. The summed E-state index contributed by atoms with van der Waals surface area (Å²) in [5, 5.41) is 2.65. The van der Waals surface area contributed by atoms with Crippen LogP contribution in [0.2, 0.25) is 0 Å². The fraction of sp³-hybridized carbons (Fsp3) is 0.0769. The van der Waals surface area contributed by atoms with E-state index in [9.17, 15) is 9.18 Å². The summed E-state index contributed by atoms with van der Waals surface area (Å²) < 4.78 is 13.4. The second-order valence-corrected chi connectivity index (χ2v) is 4.42. The molecule has 92 valence electrons. The van der Waals surface area contributed by atoms with E-state index >= 15 is 0 Å². The van der Waals surface area contributed by atoms with Crippen molar-refractivity contribution in [2.24, 2.45) is 0 Å². The molecule has 1 amide bonds. The summed E-state index contributed by atoms with van der Waals surface area (Å²) in [4.78, 5) is 16.5. The molecule has 0 bridgehead atoms. The van der Waals surface area contributed by atoms with Crippen LogP contribution in [0.5, 0.6) is 0 Å². The second kappa shape index (κ2) is 5.64. The number of thioether (sulfide) groups is 1. The molecule has 0 saturated heterocycles. The Morgan fingerprint density at radius 1 is 1.39 bits per heavy atom. The fourth-order valence-electron chi connectivity index (χ4n) is 1.46. The molecule has 5 heteroatoms. The number of benzene rings is 1. The van der Waals surface area contributed by atoms with Crippen molar-refractivity contribution in [1.29, 1.82) is 0 Å². The monoisotopic (exact) mass is 262 g/mol. The third kappa shape index (κ3) is 2.87. The quantitative estimate of drug-likeness (QED) is 0.864. The van der Waals surface area contributed by atoms with Gasteiger partial charge in [-0.15, -0.1) is 11.8 Å². The van der Waals surface area contributed by atoms with Crippen LogP contribution < -0.4 is 5.32 Å². The van der Waals surface area contributed by atoms with E-state index in [2.05, 4.69) is 10.3 Å². The summed E-state index contributed by atoms with van der Waals surface area (Å²) >= 11 is 1.57. The number of hydrogen-bond acceptors (Lipinski definition) is 3. The van der Waals surface area contributed by atoms with E-state index in [4.69, 9.17) is 0 Å². The SMILES string of the molecule is CSc1cccc(NC(=O)c2ccncc2F)c1. The molecule has 3 nitrogen and oxygen atoms in total. The fourth-order valence-corrected chi connectivity index (χ4v) is 1.92. The first-order valence-corrected chi connectivity index (χ1v) is 6.48. The van der Waals surface area contributed by atoms with Crippen LogP contribution in [0.25, 0.3) is 0 Å². The molecule has 0 saturated carbocycles. The van der Waals surface area contributed by atoms with Gasteiger partial charge in [0.05, 0.1) is 11.8 Å². The Balaban J connectivity index is 2.19. The maximum atomic E-state index is 13.4. The number of aromatic nitrogens is 1. The summed E-state index contributed by atoms with van der Waals surface area (Å²) in [6.07, 6.45) is 4.35. The zero-order valence-electron chi connectivity index (χ0n) is 9.68. The highest BCUT2D eigenvalue weighted by Crippen LogP contribution is 2.19. The van der Waals surface area contributed by atoms with Crippen molar-refractivity contribution in [3.63, 3.8) is 0 Å². The molecule has 18 heavy (non-hydrogen) atoms. The summed E-state index contributed by atoms with van der Waals surface area (Å²) in [5.41, 5.74) is 0.627. The van der Waals surface area contributed by atoms with Crippen LogP contribution in [0.1, 0.15) is 10.4 Å². The Kier molecular flexibility index (Phi) is 3.94. The highest BCUT2D eigenvalue weighted by Gasteiger charge is 2.11. The summed E-state index contributed by atoms with van der Waals surface area (Å²) in [6.45, 7) is 0. The Hall–Kier alpha value is -1.88. The first-order valence-electron chi connectivity index (χ1n) is 5.25. The van der Waals surface area contributed by atoms with Crippen LogP contribution in [-0.4, -0.2) is 17.1 Å². The average molecular weight is 262 g/mol. The molecule has 0 aliphatic rings. The predicted molar refractivity (Wildman–Crippen MR) is 70.4 cm³/mol. The maximum Gasteiger partial charge on any atom is 0.258 e. The topological polar surface area (TPSA) is 42.0 Å². The molecule has 0 aliphatic carbocycles. The third-order valence-corrected chi connectivity index (χ3v) is 3.07. The molecule has 0 fully saturated rings. The molecule has 1 N–H and O–H groups in total. The van der Waals surface area contributed by atoms with Gasteiger partial charge in [-0.05, 0) is 30.5 Å². The average Bonchev–Trinajstić information content (AvgIpc) is 2.39. The van der Waals surface area contributed by atoms with Gasteiger partial charge in [0.15, 0.2) is 5.82 Å². The van der Waals surface area contributed by atoms with Crippen LogP contribution in [0.3, 0.4) is 0 Å². The maximum absolute atomic E-state index is 13.4. The van der Waals surface area contributed by atoms with E-state index in [1.165, 1.54) is 12.3 Å². The number of carbonyl (C=O) groups excluding carboxylic acids is 1. The lowest BCUT2D eigenvalue weighted by Gasteiger charge is -2.06. The van der Waals surface area contributed by atoms with Gasteiger partial charge in [0, 0.05) is 16.8 Å². The molecule has 2 rings (SSSR count). The van der Waals surface area contributed by atoms with Gasteiger partial charge in [-0.2, -0.15) is 0 Å². The number of pyridine rings is 1. The van der Waals surface area contributed by atoms with Crippen LogP contribution in [0.4, 0.5) is 10.1 Å². The van der Waals surface area contributed by atoms with E-state index in [-0.39, 0.29) is 5.56 Å². The minimum atomic E-state index is -0.629. The second-order valence-electron chi connectivity index (χ2n) is 3.54. The highest BCUT2D eigenvalue weighted by molar-refractivity contribution is 7.98. The lowest BCUT2D eigenvalue weighted by molar-refractivity contribution is 0.102. The van der Waals surface area contributed by atoms with Gasteiger partial charge in [0.25, 0.3) is 5.91 Å². The van der Waals surface area contributed by atoms with Crippen molar-refractivity contribution in [3.05, 3.63) is 54.1 Å². The molecular formula is C13H11FN2OS. The van der Waals surface area contributed by atoms with E-state index < -0.39 is 11.7 Å². The van der Waals surface area contributed by atoms with Crippen molar-refractivity contribution in [2.75, 3.05) is 11.6 Å². The van der Waals surface area contributed by atoms with Crippen LogP contribution in [-0.2, 0) is 0 Å². The van der Waals surface area contributed by atoms with Gasteiger partial charge in [0.1, 0.15) is 0 Å². The van der Waals surface area contributed by atoms with Crippen molar-refractivity contribution in [1.82, 2.24) is 4.98 Å². The summed E-state index contributed by atoms with van der Waals surface area (Å²) in [7, 11) is 0. The predicted octanol–water partition coefficient (Wildman–Crippen LogP) is 3.19. The Bertz CT molecular complexity index is 574. The number of hydrogen-bond donors (Lipinski definition) is 1. The molecular weight excluding hydrogens is 251 g/mol. The van der Waals surface area contributed by atoms with Gasteiger partial charge in [-0.25, -0.2) is 4.39 Å².